The van der Waals surface area contributed by atoms with Gasteiger partial charge in [-0.2, -0.15) is 0 Å². The number of hydrogen-bond donors (Lipinski definition) is 1. The second-order valence-electron chi connectivity index (χ2n) is 3.93. The van der Waals surface area contributed by atoms with Crippen molar-refractivity contribution < 1.29 is 18.3 Å². The van der Waals surface area contributed by atoms with Gasteiger partial charge in [-0.25, -0.2) is 8.42 Å². The maximum Gasteiger partial charge on any atom is 0.172 e. The summed E-state index contributed by atoms with van der Waals surface area (Å²) in [6.45, 7) is 1.28. The van der Waals surface area contributed by atoms with E-state index in [1.54, 1.807) is 24.3 Å². The average Bonchev–Trinajstić information content (AvgIpc) is 2.26. The zero-order valence-electron chi connectivity index (χ0n) is 9.84. The average molecular weight is 279 g/mol. The van der Waals surface area contributed by atoms with E-state index in [-0.39, 0.29) is 0 Å². The molecule has 4 nitrogen and oxygen atoms in total. The van der Waals surface area contributed by atoms with Crippen LogP contribution in [0.2, 0.25) is 0 Å². The summed E-state index contributed by atoms with van der Waals surface area (Å²) in [5.74, 6) is 0.622. The van der Waals surface area contributed by atoms with E-state index in [1.165, 1.54) is 14.0 Å². The first-order valence-corrected chi connectivity index (χ1v) is 7.17. The number of aliphatic hydroxyl groups is 1. The highest BCUT2D eigenvalue weighted by Crippen LogP contribution is 2.36. The van der Waals surface area contributed by atoms with Gasteiger partial charge in [0.25, 0.3) is 0 Å². The maximum atomic E-state index is 11.5. The van der Waals surface area contributed by atoms with Crippen LogP contribution in [0, 0.1) is 0 Å². The highest BCUT2D eigenvalue weighted by atomic mass is 35.5. The minimum atomic E-state index is -3.58. The molecule has 1 rings (SSSR count). The normalized spacial score (nSPS) is 17.2. The van der Waals surface area contributed by atoms with Crippen LogP contribution in [0.4, 0.5) is 0 Å². The van der Waals surface area contributed by atoms with Gasteiger partial charge in [0.1, 0.15) is 11.9 Å². The van der Waals surface area contributed by atoms with E-state index in [0.717, 1.165) is 6.26 Å². The van der Waals surface area contributed by atoms with Crippen molar-refractivity contribution in [1.29, 1.82) is 0 Å². The van der Waals surface area contributed by atoms with Crippen molar-refractivity contribution >= 4 is 21.4 Å². The number of methoxy groups -OCH3 is 1. The molecule has 6 heteroatoms. The van der Waals surface area contributed by atoms with Crippen LogP contribution in [0.5, 0.6) is 5.75 Å². The van der Waals surface area contributed by atoms with Crippen LogP contribution >= 0.6 is 11.6 Å². The molecule has 1 aromatic carbocycles. The number of halogens is 1. The molecule has 0 radical (unpaired) electrons. The fourth-order valence-corrected chi connectivity index (χ4v) is 1.95. The van der Waals surface area contributed by atoms with Crippen molar-refractivity contribution in [3.05, 3.63) is 29.8 Å². The molecule has 2 atom stereocenters. The summed E-state index contributed by atoms with van der Waals surface area (Å²) < 4.78 is 26.2. The molecule has 96 valence electrons. The fourth-order valence-electron chi connectivity index (χ4n) is 1.29. The number of aliphatic hydroxyl groups excluding tert-OH is 1. The zero-order valence-corrected chi connectivity index (χ0v) is 11.4. The third kappa shape index (κ3) is 2.91. The van der Waals surface area contributed by atoms with E-state index in [1.807, 2.05) is 0 Å². The minimum Gasteiger partial charge on any atom is -0.497 e. The smallest absolute Gasteiger partial charge is 0.172 e. The molecule has 0 unspecified atom stereocenters. The molecule has 0 aliphatic carbocycles. The monoisotopic (exact) mass is 278 g/mol. The van der Waals surface area contributed by atoms with E-state index in [0.29, 0.717) is 11.3 Å². The van der Waals surface area contributed by atoms with E-state index in [2.05, 4.69) is 0 Å². The molecule has 0 aliphatic heterocycles. The molecule has 0 amide bonds. The van der Waals surface area contributed by atoms with Gasteiger partial charge in [0.15, 0.2) is 14.0 Å². The van der Waals surface area contributed by atoms with Crippen LogP contribution in [0.1, 0.15) is 18.6 Å². The molecular formula is C11H15ClO4S. The molecule has 0 aliphatic rings. The Morgan fingerprint density at radius 2 is 1.82 bits per heavy atom. The van der Waals surface area contributed by atoms with Gasteiger partial charge in [-0.1, -0.05) is 23.7 Å². The summed E-state index contributed by atoms with van der Waals surface area (Å²) in [7, 11) is -2.06. The molecule has 0 saturated carbocycles. The molecule has 0 bridgehead atoms. The summed E-state index contributed by atoms with van der Waals surface area (Å²) in [5.41, 5.74) is 0.425. The van der Waals surface area contributed by atoms with E-state index < -0.39 is 20.1 Å². The third-order valence-electron chi connectivity index (χ3n) is 2.64. The predicted octanol–water partition coefficient (Wildman–Crippen LogP) is 1.73. The number of ether oxygens (including phenoxy) is 1. The largest absolute Gasteiger partial charge is 0.497 e. The van der Waals surface area contributed by atoms with E-state index in [9.17, 15) is 13.5 Å². The van der Waals surface area contributed by atoms with Crippen LogP contribution < -0.4 is 4.74 Å². The third-order valence-corrected chi connectivity index (χ3v) is 5.37. The zero-order chi connectivity index (χ0) is 13.3. The van der Waals surface area contributed by atoms with Crippen LogP contribution in [-0.2, 0) is 9.84 Å². The first-order valence-electron chi connectivity index (χ1n) is 4.90. The SMILES string of the molecule is COc1ccc([C@H](O)[C@@](C)(Cl)S(C)(=O)=O)cc1. The molecule has 0 fully saturated rings. The standard InChI is InChI=1S/C11H15ClO4S/c1-11(12,17(3,14)15)10(13)8-4-6-9(16-2)7-5-8/h4-7,10,13H,1-3H3/t10-,11-/m0/s1. The lowest BCUT2D eigenvalue weighted by molar-refractivity contribution is 0.163. The summed E-state index contributed by atoms with van der Waals surface area (Å²) in [6, 6.07) is 6.42. The Labute approximate surface area is 106 Å². The van der Waals surface area contributed by atoms with Gasteiger partial charge in [0.05, 0.1) is 7.11 Å². The summed E-state index contributed by atoms with van der Waals surface area (Å²) in [6.07, 6.45) is -0.308. The molecule has 1 aromatic rings. The Kier molecular flexibility index (Phi) is 4.06. The number of hydrogen-bond acceptors (Lipinski definition) is 4. The molecule has 0 saturated heterocycles. The lowest BCUT2D eigenvalue weighted by atomic mass is 10.1. The molecule has 1 N–H and O–H groups in total. The number of sulfone groups is 1. The Morgan fingerprint density at radius 3 is 2.18 bits per heavy atom. The van der Waals surface area contributed by atoms with Crippen molar-refractivity contribution in [3.8, 4) is 5.75 Å². The van der Waals surface area contributed by atoms with Gasteiger partial charge in [0, 0.05) is 6.26 Å². The lowest BCUT2D eigenvalue weighted by Gasteiger charge is -2.26. The number of benzene rings is 1. The summed E-state index contributed by atoms with van der Waals surface area (Å²) in [5, 5.41) is 10.00. The second kappa shape index (κ2) is 4.84. The van der Waals surface area contributed by atoms with Crippen molar-refractivity contribution in [2.75, 3.05) is 13.4 Å². The van der Waals surface area contributed by atoms with Crippen LogP contribution in [-0.4, -0.2) is 31.1 Å². The lowest BCUT2D eigenvalue weighted by Crippen LogP contribution is -2.35. The Morgan fingerprint density at radius 1 is 1.35 bits per heavy atom. The van der Waals surface area contributed by atoms with Gasteiger partial charge >= 0.3 is 0 Å². The Hall–Kier alpha value is -0.780. The van der Waals surface area contributed by atoms with Crippen molar-refractivity contribution in [3.63, 3.8) is 0 Å². The highest BCUT2D eigenvalue weighted by Gasteiger charge is 2.41. The summed E-state index contributed by atoms with van der Waals surface area (Å²) >= 11 is 5.90. The predicted molar refractivity (Wildman–Crippen MR) is 67.1 cm³/mol. The van der Waals surface area contributed by atoms with Gasteiger partial charge in [0.2, 0.25) is 0 Å². The maximum absolute atomic E-state index is 11.5. The van der Waals surface area contributed by atoms with Crippen molar-refractivity contribution in [2.24, 2.45) is 0 Å². The quantitative estimate of drug-likeness (QED) is 0.852. The molecular weight excluding hydrogens is 264 g/mol. The summed E-state index contributed by atoms with van der Waals surface area (Å²) in [4.78, 5) is 0. The molecule has 0 aromatic heterocycles. The van der Waals surface area contributed by atoms with Gasteiger partial charge < -0.3 is 9.84 Å². The first-order chi connectivity index (χ1) is 7.70. The second-order valence-corrected chi connectivity index (χ2v) is 7.34. The molecule has 0 heterocycles. The molecule has 17 heavy (non-hydrogen) atoms. The first kappa shape index (κ1) is 14.3. The van der Waals surface area contributed by atoms with E-state index >= 15 is 0 Å². The molecule has 0 spiro atoms. The topological polar surface area (TPSA) is 63.6 Å². The van der Waals surface area contributed by atoms with Crippen molar-refractivity contribution in [1.82, 2.24) is 0 Å². The number of rotatable bonds is 4. The van der Waals surface area contributed by atoms with Crippen LogP contribution in [0.3, 0.4) is 0 Å². The minimum absolute atomic E-state index is 0.425. The number of alkyl halides is 1. The van der Waals surface area contributed by atoms with Gasteiger partial charge in [-0.3, -0.25) is 0 Å². The Bertz CT molecular complexity index is 479. The van der Waals surface area contributed by atoms with Gasteiger partial charge in [-0.05, 0) is 24.6 Å². The van der Waals surface area contributed by atoms with Gasteiger partial charge in [-0.15, -0.1) is 0 Å². The Balaban J connectivity index is 3.08. The fraction of sp³-hybridized carbons (Fsp3) is 0.455. The van der Waals surface area contributed by atoms with E-state index in [4.69, 9.17) is 16.3 Å². The highest BCUT2D eigenvalue weighted by molar-refractivity contribution is 7.93. The van der Waals surface area contributed by atoms with Crippen LogP contribution in [0.15, 0.2) is 24.3 Å². The van der Waals surface area contributed by atoms with Crippen LogP contribution in [0.25, 0.3) is 0 Å². The van der Waals surface area contributed by atoms with Crippen molar-refractivity contribution in [2.45, 2.75) is 17.2 Å².